The number of ether oxygens (including phenoxy) is 1. The van der Waals surface area contributed by atoms with Crippen molar-refractivity contribution in [1.82, 2.24) is 14.8 Å². The molecule has 1 fully saturated rings. The molecule has 1 aromatic heterocycles. The van der Waals surface area contributed by atoms with Gasteiger partial charge < -0.3 is 19.5 Å². The number of hydrogen-bond acceptors (Lipinski definition) is 3. The third kappa shape index (κ3) is 4.01. The molecule has 4 rings (SSSR count). The van der Waals surface area contributed by atoms with Crippen LogP contribution < -0.4 is 4.74 Å². The van der Waals surface area contributed by atoms with E-state index < -0.39 is 5.82 Å². The summed E-state index contributed by atoms with van der Waals surface area (Å²) >= 11 is 0. The number of aromatic nitrogens is 1. The van der Waals surface area contributed by atoms with Gasteiger partial charge in [0.1, 0.15) is 11.6 Å². The van der Waals surface area contributed by atoms with Crippen molar-refractivity contribution in [1.29, 1.82) is 0 Å². The van der Waals surface area contributed by atoms with Crippen LogP contribution in [0.25, 0.3) is 10.9 Å². The first kappa shape index (κ1) is 19.9. The van der Waals surface area contributed by atoms with E-state index in [1.165, 1.54) is 12.1 Å². The highest BCUT2D eigenvalue weighted by molar-refractivity contribution is 5.94. The summed E-state index contributed by atoms with van der Waals surface area (Å²) < 4.78 is 19.3. The zero-order chi connectivity index (χ0) is 21.1. The third-order valence-electron chi connectivity index (χ3n) is 5.56. The van der Waals surface area contributed by atoms with E-state index in [0.717, 1.165) is 22.2 Å². The molecular weight excluding hydrogens is 385 g/mol. The van der Waals surface area contributed by atoms with Crippen LogP contribution in [0.15, 0.2) is 48.7 Å². The normalized spacial score (nSPS) is 14.6. The number of carbonyl (C=O) groups is 2. The smallest absolute Gasteiger partial charge is 0.256 e. The summed E-state index contributed by atoms with van der Waals surface area (Å²) in [7, 11) is 1.62. The molecule has 156 valence electrons. The lowest BCUT2D eigenvalue weighted by molar-refractivity contribution is -0.130. The first-order valence-corrected chi connectivity index (χ1v) is 10.0. The molecule has 30 heavy (non-hydrogen) atoms. The lowest BCUT2D eigenvalue weighted by Gasteiger charge is -2.22. The Morgan fingerprint density at radius 1 is 1.07 bits per heavy atom. The SMILES string of the molecule is COc1ccc2[nH]cc(CC(=O)N3CCCN(C(=O)c4ccccc4F)CC3)c2c1. The Morgan fingerprint density at radius 2 is 1.83 bits per heavy atom. The molecular formula is C23H24FN3O3. The summed E-state index contributed by atoms with van der Waals surface area (Å²) in [5.41, 5.74) is 1.94. The van der Waals surface area contributed by atoms with Crippen molar-refractivity contribution in [2.24, 2.45) is 0 Å². The van der Waals surface area contributed by atoms with Crippen molar-refractivity contribution in [3.05, 3.63) is 65.6 Å². The van der Waals surface area contributed by atoms with Gasteiger partial charge in [0, 0.05) is 43.3 Å². The average molecular weight is 409 g/mol. The molecule has 3 aromatic rings. The number of aromatic amines is 1. The fourth-order valence-electron chi connectivity index (χ4n) is 3.88. The minimum absolute atomic E-state index is 0.0129. The first-order valence-electron chi connectivity index (χ1n) is 10.0. The summed E-state index contributed by atoms with van der Waals surface area (Å²) in [6.45, 7) is 1.90. The van der Waals surface area contributed by atoms with Gasteiger partial charge in [-0.15, -0.1) is 0 Å². The van der Waals surface area contributed by atoms with Crippen LogP contribution in [0.1, 0.15) is 22.3 Å². The molecule has 0 bridgehead atoms. The Labute approximate surface area is 174 Å². The number of rotatable bonds is 4. The van der Waals surface area contributed by atoms with Crippen LogP contribution in [0.2, 0.25) is 0 Å². The number of halogens is 1. The van der Waals surface area contributed by atoms with Gasteiger partial charge in [0.15, 0.2) is 0 Å². The molecule has 0 atom stereocenters. The minimum Gasteiger partial charge on any atom is -0.497 e. The van der Waals surface area contributed by atoms with Gasteiger partial charge in [-0.25, -0.2) is 4.39 Å². The van der Waals surface area contributed by atoms with Gasteiger partial charge in [-0.2, -0.15) is 0 Å². The number of H-pyrrole nitrogens is 1. The number of carbonyl (C=O) groups excluding carboxylic acids is 2. The van der Waals surface area contributed by atoms with Crippen molar-refractivity contribution in [3.8, 4) is 5.75 Å². The minimum atomic E-state index is -0.519. The van der Waals surface area contributed by atoms with Crippen LogP contribution in [-0.2, 0) is 11.2 Å². The van der Waals surface area contributed by atoms with Crippen molar-refractivity contribution < 1.29 is 18.7 Å². The van der Waals surface area contributed by atoms with Gasteiger partial charge in [-0.05, 0) is 42.3 Å². The summed E-state index contributed by atoms with van der Waals surface area (Å²) in [4.78, 5) is 32.2. The molecule has 2 aromatic carbocycles. The second kappa shape index (κ2) is 8.57. The van der Waals surface area contributed by atoms with E-state index in [1.807, 2.05) is 24.4 Å². The Morgan fingerprint density at radius 3 is 2.63 bits per heavy atom. The lowest BCUT2D eigenvalue weighted by Crippen LogP contribution is -2.38. The molecule has 0 aliphatic carbocycles. The predicted octanol–water partition coefficient (Wildman–Crippen LogP) is 3.23. The maximum Gasteiger partial charge on any atom is 0.256 e. The van der Waals surface area contributed by atoms with Gasteiger partial charge >= 0.3 is 0 Å². The zero-order valence-electron chi connectivity index (χ0n) is 16.9. The molecule has 2 amide bonds. The summed E-state index contributed by atoms with van der Waals surface area (Å²) in [6.07, 6.45) is 2.79. The standard InChI is InChI=1S/C23H24FN3O3/c1-30-17-7-8-21-19(14-17)16(15-25-21)13-22(28)26-9-4-10-27(12-11-26)23(29)18-5-2-3-6-20(18)24/h2-3,5-8,14-15,25H,4,9-13H2,1H3. The van der Waals surface area contributed by atoms with E-state index in [0.29, 0.717) is 32.6 Å². The van der Waals surface area contributed by atoms with Gasteiger partial charge in [0.05, 0.1) is 19.1 Å². The van der Waals surface area contributed by atoms with E-state index in [2.05, 4.69) is 4.98 Å². The van der Waals surface area contributed by atoms with Gasteiger partial charge in [0.25, 0.3) is 5.91 Å². The summed E-state index contributed by atoms with van der Waals surface area (Å²) in [5, 5.41) is 0.967. The highest BCUT2D eigenvalue weighted by Gasteiger charge is 2.24. The fourth-order valence-corrected chi connectivity index (χ4v) is 3.88. The van der Waals surface area contributed by atoms with Crippen molar-refractivity contribution in [2.45, 2.75) is 12.8 Å². The Balaban J connectivity index is 1.43. The molecule has 0 saturated carbocycles. The Hall–Kier alpha value is -3.35. The van der Waals surface area contributed by atoms with E-state index in [1.54, 1.807) is 29.0 Å². The largest absolute Gasteiger partial charge is 0.497 e. The van der Waals surface area contributed by atoms with Crippen LogP contribution in [0.5, 0.6) is 5.75 Å². The molecule has 0 unspecified atom stereocenters. The molecule has 1 N–H and O–H groups in total. The maximum absolute atomic E-state index is 14.0. The van der Waals surface area contributed by atoms with Crippen LogP contribution in [0.3, 0.4) is 0 Å². The number of methoxy groups -OCH3 is 1. The van der Waals surface area contributed by atoms with Crippen LogP contribution in [0, 0.1) is 5.82 Å². The van der Waals surface area contributed by atoms with Crippen LogP contribution >= 0.6 is 0 Å². The summed E-state index contributed by atoms with van der Waals surface area (Å²) in [5.74, 6) is -0.0904. The van der Waals surface area contributed by atoms with E-state index in [4.69, 9.17) is 4.74 Å². The molecule has 0 spiro atoms. The van der Waals surface area contributed by atoms with Gasteiger partial charge in [0.2, 0.25) is 5.91 Å². The van der Waals surface area contributed by atoms with Crippen molar-refractivity contribution in [3.63, 3.8) is 0 Å². The van der Waals surface area contributed by atoms with Crippen molar-refractivity contribution in [2.75, 3.05) is 33.3 Å². The predicted molar refractivity (Wildman–Crippen MR) is 112 cm³/mol. The number of fused-ring (bicyclic) bond motifs is 1. The molecule has 7 heteroatoms. The molecule has 1 aliphatic heterocycles. The highest BCUT2D eigenvalue weighted by atomic mass is 19.1. The second-order valence-corrected chi connectivity index (χ2v) is 7.41. The zero-order valence-corrected chi connectivity index (χ0v) is 16.9. The number of nitrogens with zero attached hydrogens (tertiary/aromatic N) is 2. The summed E-state index contributed by atoms with van der Waals surface area (Å²) in [6, 6.07) is 11.7. The quantitative estimate of drug-likeness (QED) is 0.720. The molecule has 0 radical (unpaired) electrons. The third-order valence-corrected chi connectivity index (χ3v) is 5.56. The first-order chi connectivity index (χ1) is 14.6. The van der Waals surface area contributed by atoms with Gasteiger partial charge in [-0.1, -0.05) is 12.1 Å². The lowest BCUT2D eigenvalue weighted by atomic mass is 10.1. The molecule has 1 saturated heterocycles. The topological polar surface area (TPSA) is 65.6 Å². The fraction of sp³-hybridized carbons (Fsp3) is 0.304. The van der Waals surface area contributed by atoms with E-state index in [9.17, 15) is 14.0 Å². The number of nitrogens with one attached hydrogen (secondary N) is 1. The maximum atomic E-state index is 14.0. The van der Waals surface area contributed by atoms with E-state index >= 15 is 0 Å². The second-order valence-electron chi connectivity index (χ2n) is 7.41. The van der Waals surface area contributed by atoms with Gasteiger partial charge in [-0.3, -0.25) is 9.59 Å². The van der Waals surface area contributed by atoms with Crippen LogP contribution in [-0.4, -0.2) is 59.9 Å². The Kier molecular flexibility index (Phi) is 5.70. The monoisotopic (exact) mass is 409 g/mol. The number of hydrogen-bond donors (Lipinski definition) is 1. The highest BCUT2D eigenvalue weighted by Crippen LogP contribution is 2.24. The molecule has 1 aliphatic rings. The number of amides is 2. The molecule has 6 nitrogen and oxygen atoms in total. The Bertz CT molecular complexity index is 1080. The van der Waals surface area contributed by atoms with Crippen LogP contribution in [0.4, 0.5) is 4.39 Å². The van der Waals surface area contributed by atoms with Crippen molar-refractivity contribution >= 4 is 22.7 Å². The molecule has 2 heterocycles. The van der Waals surface area contributed by atoms with E-state index in [-0.39, 0.29) is 23.8 Å². The average Bonchev–Trinajstić information content (AvgIpc) is 2.98. The number of benzene rings is 2.